The van der Waals surface area contributed by atoms with Crippen LogP contribution in [0.3, 0.4) is 0 Å². The molecule has 0 aliphatic rings. The van der Waals surface area contributed by atoms with Crippen molar-refractivity contribution in [1.82, 2.24) is 9.97 Å². The Morgan fingerprint density at radius 2 is 2.06 bits per heavy atom. The number of hydrogen-bond donors (Lipinski definition) is 2. The molecule has 0 bridgehead atoms. The van der Waals surface area contributed by atoms with Crippen LogP contribution >= 0.6 is 0 Å². The van der Waals surface area contributed by atoms with Crippen molar-refractivity contribution in [1.29, 1.82) is 0 Å². The summed E-state index contributed by atoms with van der Waals surface area (Å²) in [5, 5.41) is 12.0. The molecule has 1 amide bonds. The van der Waals surface area contributed by atoms with Gasteiger partial charge in [0.2, 0.25) is 0 Å². The average Bonchev–Trinajstić information content (AvgIpc) is 2.31. The molecule has 5 heteroatoms. The number of aromatic hydroxyl groups is 1. The van der Waals surface area contributed by atoms with Gasteiger partial charge in [-0.1, -0.05) is 12.1 Å². The Morgan fingerprint density at radius 3 is 2.75 bits per heavy atom. The summed E-state index contributed by atoms with van der Waals surface area (Å²) in [7, 11) is 0. The quantitative estimate of drug-likeness (QED) is 0.794. The van der Waals surface area contributed by atoms with E-state index in [0.717, 1.165) is 0 Å². The number of rotatable bonds is 2. The molecule has 0 saturated carbocycles. The molecule has 2 N–H and O–H groups in total. The van der Waals surface area contributed by atoms with Gasteiger partial charge in [-0.15, -0.1) is 0 Å². The Labute approximate surface area is 91.8 Å². The highest BCUT2D eigenvalue weighted by molar-refractivity contribution is 6.05. The molecule has 0 saturated heterocycles. The summed E-state index contributed by atoms with van der Waals surface area (Å²) in [5.74, 6) is -0.141. The number of carbonyl (C=O) groups excluding carboxylic acids is 1. The molecule has 0 unspecified atom stereocenters. The number of amides is 1. The molecule has 5 nitrogen and oxygen atoms in total. The fourth-order valence-corrected chi connectivity index (χ4v) is 1.21. The maximum Gasteiger partial charge on any atom is 0.260 e. The van der Waals surface area contributed by atoms with Gasteiger partial charge in [0, 0.05) is 12.4 Å². The molecule has 0 radical (unpaired) electrons. The predicted molar refractivity (Wildman–Crippen MR) is 58.1 cm³/mol. The van der Waals surface area contributed by atoms with Crippen molar-refractivity contribution >= 4 is 11.7 Å². The highest BCUT2D eigenvalue weighted by Crippen LogP contribution is 2.16. The van der Waals surface area contributed by atoms with Crippen LogP contribution in [0.2, 0.25) is 0 Å². The summed E-state index contributed by atoms with van der Waals surface area (Å²) in [6, 6.07) is 6.30. The second-order valence-corrected chi connectivity index (χ2v) is 3.06. The first-order valence-corrected chi connectivity index (χ1v) is 4.63. The number of aromatic nitrogens is 2. The second-order valence-electron chi connectivity index (χ2n) is 3.06. The van der Waals surface area contributed by atoms with E-state index in [1.807, 2.05) is 0 Å². The molecule has 0 aliphatic heterocycles. The van der Waals surface area contributed by atoms with Crippen LogP contribution in [0.1, 0.15) is 10.4 Å². The third-order valence-electron chi connectivity index (χ3n) is 1.95. The molecule has 0 spiro atoms. The summed E-state index contributed by atoms with van der Waals surface area (Å²) < 4.78 is 0. The fraction of sp³-hybridized carbons (Fsp3) is 0. The SMILES string of the molecule is O=C(Nc1cnccn1)c1ccccc1O. The number of phenolic OH excluding ortho intramolecular Hbond substituents is 1. The van der Waals surface area contributed by atoms with E-state index in [9.17, 15) is 9.90 Å². The molecular formula is C11H9N3O2. The van der Waals surface area contributed by atoms with Crippen LogP contribution in [0.4, 0.5) is 5.82 Å². The molecule has 0 aliphatic carbocycles. The Morgan fingerprint density at radius 1 is 1.25 bits per heavy atom. The maximum absolute atomic E-state index is 11.7. The minimum Gasteiger partial charge on any atom is -0.507 e. The molecule has 2 rings (SSSR count). The number of para-hydroxylation sites is 1. The smallest absolute Gasteiger partial charge is 0.260 e. The highest BCUT2D eigenvalue weighted by Gasteiger charge is 2.10. The minimum atomic E-state index is -0.418. The topological polar surface area (TPSA) is 75.1 Å². The van der Waals surface area contributed by atoms with Crippen LogP contribution in [0.5, 0.6) is 5.75 Å². The zero-order valence-electron chi connectivity index (χ0n) is 8.29. The summed E-state index contributed by atoms with van der Waals surface area (Å²) in [5.41, 5.74) is 0.202. The van der Waals surface area contributed by atoms with E-state index >= 15 is 0 Å². The number of benzene rings is 1. The van der Waals surface area contributed by atoms with Gasteiger partial charge in [0.25, 0.3) is 5.91 Å². The largest absolute Gasteiger partial charge is 0.507 e. The number of phenols is 1. The van der Waals surface area contributed by atoms with Crippen LogP contribution in [0, 0.1) is 0 Å². The Balaban J connectivity index is 2.19. The molecule has 0 fully saturated rings. The van der Waals surface area contributed by atoms with Gasteiger partial charge >= 0.3 is 0 Å². The number of nitrogens with one attached hydrogen (secondary N) is 1. The van der Waals surface area contributed by atoms with Gasteiger partial charge in [-0.3, -0.25) is 9.78 Å². The molecule has 16 heavy (non-hydrogen) atoms. The summed E-state index contributed by atoms with van der Waals surface area (Å²) >= 11 is 0. The van der Waals surface area contributed by atoms with Gasteiger partial charge in [-0.05, 0) is 12.1 Å². The van der Waals surface area contributed by atoms with Crippen molar-refractivity contribution in [2.24, 2.45) is 0 Å². The summed E-state index contributed by atoms with van der Waals surface area (Å²) in [4.78, 5) is 19.4. The number of anilines is 1. The standard InChI is InChI=1S/C11H9N3O2/c15-9-4-2-1-3-8(9)11(16)14-10-7-12-5-6-13-10/h1-7,15H,(H,13,14,16). The van der Waals surface area contributed by atoms with Gasteiger partial charge in [0.1, 0.15) is 5.75 Å². The van der Waals surface area contributed by atoms with Crippen LogP contribution in [0.25, 0.3) is 0 Å². The Bertz CT molecular complexity index is 500. The number of nitrogens with zero attached hydrogens (tertiary/aromatic N) is 2. The molecular weight excluding hydrogens is 206 g/mol. The van der Waals surface area contributed by atoms with Crippen molar-refractivity contribution in [2.75, 3.05) is 5.32 Å². The summed E-state index contributed by atoms with van der Waals surface area (Å²) in [6.45, 7) is 0. The van der Waals surface area contributed by atoms with E-state index in [4.69, 9.17) is 0 Å². The lowest BCUT2D eigenvalue weighted by molar-refractivity contribution is 0.102. The van der Waals surface area contributed by atoms with Crippen molar-refractivity contribution in [3.63, 3.8) is 0 Å². The second kappa shape index (κ2) is 4.39. The van der Waals surface area contributed by atoms with E-state index in [1.54, 1.807) is 12.1 Å². The van der Waals surface area contributed by atoms with E-state index in [1.165, 1.54) is 30.7 Å². The highest BCUT2D eigenvalue weighted by atomic mass is 16.3. The van der Waals surface area contributed by atoms with E-state index in [0.29, 0.717) is 5.82 Å². The van der Waals surface area contributed by atoms with Crippen molar-refractivity contribution in [2.45, 2.75) is 0 Å². The van der Waals surface area contributed by atoms with E-state index in [-0.39, 0.29) is 11.3 Å². The maximum atomic E-state index is 11.7. The van der Waals surface area contributed by atoms with E-state index < -0.39 is 5.91 Å². The molecule has 0 atom stereocenters. The van der Waals surface area contributed by atoms with Gasteiger partial charge in [0.15, 0.2) is 5.82 Å². The molecule has 1 aromatic heterocycles. The van der Waals surface area contributed by atoms with E-state index in [2.05, 4.69) is 15.3 Å². The van der Waals surface area contributed by atoms with Crippen molar-refractivity contribution < 1.29 is 9.90 Å². The molecule has 80 valence electrons. The molecule has 1 heterocycles. The molecule has 1 aromatic carbocycles. The number of hydrogen-bond acceptors (Lipinski definition) is 4. The third kappa shape index (κ3) is 2.14. The minimum absolute atomic E-state index is 0.0658. The first-order chi connectivity index (χ1) is 7.77. The lowest BCUT2D eigenvalue weighted by Gasteiger charge is -2.04. The summed E-state index contributed by atoms with van der Waals surface area (Å²) in [6.07, 6.45) is 4.41. The first-order valence-electron chi connectivity index (χ1n) is 4.63. The third-order valence-corrected chi connectivity index (χ3v) is 1.95. The van der Waals surface area contributed by atoms with Gasteiger partial charge < -0.3 is 10.4 Å². The van der Waals surface area contributed by atoms with Crippen molar-refractivity contribution in [3.8, 4) is 5.75 Å². The normalized spacial score (nSPS) is 9.75. The number of carbonyl (C=O) groups is 1. The zero-order valence-corrected chi connectivity index (χ0v) is 8.29. The lowest BCUT2D eigenvalue weighted by atomic mass is 10.2. The Hall–Kier alpha value is -2.43. The molecule has 2 aromatic rings. The van der Waals surface area contributed by atoms with Gasteiger partial charge in [-0.2, -0.15) is 0 Å². The van der Waals surface area contributed by atoms with Gasteiger partial charge in [-0.25, -0.2) is 4.98 Å². The fourth-order valence-electron chi connectivity index (χ4n) is 1.21. The van der Waals surface area contributed by atoms with Gasteiger partial charge in [0.05, 0.1) is 11.8 Å². The lowest BCUT2D eigenvalue weighted by Crippen LogP contribution is -2.13. The average molecular weight is 215 g/mol. The first kappa shape index (κ1) is 10.1. The van der Waals surface area contributed by atoms with Crippen LogP contribution in [-0.2, 0) is 0 Å². The predicted octanol–water partition coefficient (Wildman–Crippen LogP) is 1.43. The Kier molecular flexibility index (Phi) is 2.77. The zero-order chi connectivity index (χ0) is 11.4. The monoisotopic (exact) mass is 215 g/mol. The van der Waals surface area contributed by atoms with Crippen LogP contribution in [-0.4, -0.2) is 21.0 Å². The van der Waals surface area contributed by atoms with Crippen molar-refractivity contribution in [3.05, 3.63) is 48.4 Å². The van der Waals surface area contributed by atoms with Crippen LogP contribution < -0.4 is 5.32 Å². The van der Waals surface area contributed by atoms with Crippen LogP contribution in [0.15, 0.2) is 42.9 Å².